The average Bonchev–Trinajstić information content (AvgIpc) is 2.21. The van der Waals surface area contributed by atoms with Crippen molar-refractivity contribution in [2.45, 2.75) is 26.3 Å². The van der Waals surface area contributed by atoms with E-state index in [1.807, 2.05) is 13.8 Å². The maximum atomic E-state index is 11.6. The fourth-order valence-electron chi connectivity index (χ4n) is 1.10. The average molecular weight is 366 g/mol. The number of nitrogens with one attached hydrogen (secondary N) is 2. The molecule has 0 saturated carbocycles. The van der Waals surface area contributed by atoms with Crippen LogP contribution in [0.5, 0.6) is 0 Å². The third-order valence-corrected chi connectivity index (χ3v) is 2.80. The molecule has 1 aromatic heterocycles. The number of halogens is 2. The number of hydrogen-bond donors (Lipinski definition) is 2. The highest BCUT2D eigenvalue weighted by Crippen LogP contribution is 2.19. The molecule has 5 nitrogen and oxygen atoms in total. The second-order valence-electron chi connectivity index (χ2n) is 3.74. The maximum absolute atomic E-state index is 11.6. The highest BCUT2D eigenvalue weighted by atomic mass is 79.9. The van der Waals surface area contributed by atoms with Crippen molar-refractivity contribution in [1.82, 2.24) is 15.3 Å². The Morgan fingerprint density at radius 3 is 2.76 bits per heavy atom. The molecule has 0 saturated heterocycles. The predicted molar refractivity (Wildman–Crippen MR) is 73.8 cm³/mol. The molecule has 1 aromatic rings. The number of hydrogen-bond acceptors (Lipinski definition) is 4. The van der Waals surface area contributed by atoms with Crippen LogP contribution in [0.4, 0.5) is 5.82 Å². The van der Waals surface area contributed by atoms with Gasteiger partial charge < -0.3 is 10.6 Å². The first-order chi connectivity index (χ1) is 7.99. The van der Waals surface area contributed by atoms with Gasteiger partial charge in [-0.2, -0.15) is 0 Å². The smallest absolute Gasteiger partial charge is 0.226 e. The van der Waals surface area contributed by atoms with Crippen molar-refractivity contribution in [1.29, 1.82) is 0 Å². The molecule has 0 spiro atoms. The summed E-state index contributed by atoms with van der Waals surface area (Å²) in [4.78, 5) is 19.7. The van der Waals surface area contributed by atoms with E-state index in [1.54, 1.807) is 0 Å². The molecule has 1 heterocycles. The third kappa shape index (κ3) is 5.56. The lowest BCUT2D eigenvalue weighted by atomic mass is 10.3. The molecule has 7 heteroatoms. The second-order valence-corrected chi connectivity index (χ2v) is 5.30. The fraction of sp³-hybridized carbons (Fsp3) is 0.500. The van der Waals surface area contributed by atoms with Gasteiger partial charge in [0.2, 0.25) is 5.91 Å². The van der Waals surface area contributed by atoms with E-state index in [4.69, 9.17) is 0 Å². The second kappa shape index (κ2) is 7.03. The molecular formula is C10H14Br2N4O. The molecule has 0 aliphatic rings. The summed E-state index contributed by atoms with van der Waals surface area (Å²) in [5, 5.41) is 5.86. The number of carbonyl (C=O) groups is 1. The third-order valence-electron chi connectivity index (χ3n) is 1.86. The van der Waals surface area contributed by atoms with E-state index in [2.05, 4.69) is 52.5 Å². The first-order valence-electron chi connectivity index (χ1n) is 5.20. The van der Waals surface area contributed by atoms with Gasteiger partial charge in [-0.1, -0.05) is 13.8 Å². The SMILES string of the molecule is CC(C)NCCC(=O)Nc1ncc(Br)nc1Br. The van der Waals surface area contributed by atoms with Crippen molar-refractivity contribution in [2.24, 2.45) is 0 Å². The number of nitrogens with zero attached hydrogens (tertiary/aromatic N) is 2. The monoisotopic (exact) mass is 364 g/mol. The topological polar surface area (TPSA) is 66.9 Å². The van der Waals surface area contributed by atoms with Crippen molar-refractivity contribution in [3.05, 3.63) is 15.4 Å². The molecule has 0 radical (unpaired) electrons. The number of carbonyl (C=O) groups excluding carboxylic acids is 1. The Balaban J connectivity index is 2.45. The first-order valence-corrected chi connectivity index (χ1v) is 6.79. The summed E-state index contributed by atoms with van der Waals surface area (Å²) in [6, 6.07) is 0.377. The van der Waals surface area contributed by atoms with Gasteiger partial charge in [-0.05, 0) is 31.9 Å². The standard InChI is InChI=1S/C10H14Br2N4O/c1-6(2)13-4-3-8(17)16-10-9(12)15-7(11)5-14-10/h5-6,13H,3-4H2,1-2H3,(H,14,16,17). The van der Waals surface area contributed by atoms with Crippen LogP contribution >= 0.6 is 31.9 Å². The Hall–Kier alpha value is -0.530. The van der Waals surface area contributed by atoms with Crippen LogP contribution in [-0.4, -0.2) is 28.5 Å². The van der Waals surface area contributed by atoms with Gasteiger partial charge in [-0.25, -0.2) is 9.97 Å². The summed E-state index contributed by atoms with van der Waals surface area (Å²) in [5.74, 6) is 0.346. The highest BCUT2D eigenvalue weighted by Gasteiger charge is 2.08. The van der Waals surface area contributed by atoms with E-state index in [0.29, 0.717) is 34.0 Å². The van der Waals surface area contributed by atoms with Gasteiger partial charge >= 0.3 is 0 Å². The van der Waals surface area contributed by atoms with Crippen LogP contribution in [-0.2, 0) is 4.79 Å². The normalized spacial score (nSPS) is 10.6. The number of amides is 1. The van der Waals surface area contributed by atoms with Gasteiger partial charge in [0.1, 0.15) is 9.21 Å². The molecule has 0 aliphatic carbocycles. The van der Waals surface area contributed by atoms with Crippen LogP contribution in [0.2, 0.25) is 0 Å². The van der Waals surface area contributed by atoms with Gasteiger partial charge in [-0.3, -0.25) is 4.79 Å². The van der Waals surface area contributed by atoms with Crippen molar-refractivity contribution in [2.75, 3.05) is 11.9 Å². The lowest BCUT2D eigenvalue weighted by Crippen LogP contribution is -2.27. The quantitative estimate of drug-likeness (QED) is 0.840. The van der Waals surface area contributed by atoms with Crippen molar-refractivity contribution < 1.29 is 4.79 Å². The maximum Gasteiger partial charge on any atom is 0.226 e. The van der Waals surface area contributed by atoms with Crippen LogP contribution in [0.25, 0.3) is 0 Å². The molecule has 1 amide bonds. The first kappa shape index (κ1) is 14.5. The minimum Gasteiger partial charge on any atom is -0.314 e. The van der Waals surface area contributed by atoms with Crippen LogP contribution < -0.4 is 10.6 Å². The van der Waals surface area contributed by atoms with E-state index < -0.39 is 0 Å². The summed E-state index contributed by atoms with van der Waals surface area (Å²) in [6.45, 7) is 4.72. The van der Waals surface area contributed by atoms with Crippen molar-refractivity contribution >= 4 is 43.6 Å². The molecule has 0 aliphatic heterocycles. The summed E-state index contributed by atoms with van der Waals surface area (Å²) in [5.41, 5.74) is 0. The number of aromatic nitrogens is 2. The van der Waals surface area contributed by atoms with Crippen LogP contribution in [0, 0.1) is 0 Å². The largest absolute Gasteiger partial charge is 0.314 e. The summed E-state index contributed by atoms with van der Waals surface area (Å²) in [6.07, 6.45) is 1.94. The minimum absolute atomic E-state index is 0.0875. The zero-order valence-electron chi connectivity index (χ0n) is 9.63. The molecule has 17 heavy (non-hydrogen) atoms. The molecule has 0 atom stereocenters. The van der Waals surface area contributed by atoms with E-state index >= 15 is 0 Å². The highest BCUT2D eigenvalue weighted by molar-refractivity contribution is 9.11. The molecule has 1 rings (SSSR count). The number of anilines is 1. The van der Waals surface area contributed by atoms with Crippen LogP contribution in [0.1, 0.15) is 20.3 Å². The zero-order chi connectivity index (χ0) is 12.8. The van der Waals surface area contributed by atoms with Gasteiger partial charge in [0.25, 0.3) is 0 Å². The van der Waals surface area contributed by atoms with Gasteiger partial charge in [-0.15, -0.1) is 0 Å². The van der Waals surface area contributed by atoms with E-state index in [9.17, 15) is 4.79 Å². The minimum atomic E-state index is -0.0875. The van der Waals surface area contributed by atoms with E-state index in [-0.39, 0.29) is 5.91 Å². The Kier molecular flexibility index (Phi) is 6.01. The zero-order valence-corrected chi connectivity index (χ0v) is 12.8. The molecule has 94 valence electrons. The Morgan fingerprint density at radius 2 is 2.18 bits per heavy atom. The fourth-order valence-corrected chi connectivity index (χ4v) is 2.01. The van der Waals surface area contributed by atoms with Crippen molar-refractivity contribution in [3.8, 4) is 0 Å². The van der Waals surface area contributed by atoms with Gasteiger partial charge in [0, 0.05) is 19.0 Å². The van der Waals surface area contributed by atoms with Gasteiger partial charge in [0.05, 0.1) is 6.20 Å². The summed E-state index contributed by atoms with van der Waals surface area (Å²) in [7, 11) is 0. The van der Waals surface area contributed by atoms with E-state index in [1.165, 1.54) is 6.20 Å². The molecule has 0 bridgehead atoms. The van der Waals surface area contributed by atoms with Crippen LogP contribution in [0.15, 0.2) is 15.4 Å². The predicted octanol–water partition coefficient (Wildman–Crippen LogP) is 2.33. The number of rotatable bonds is 5. The molecule has 0 aromatic carbocycles. The lowest BCUT2D eigenvalue weighted by molar-refractivity contribution is -0.116. The van der Waals surface area contributed by atoms with E-state index in [0.717, 1.165) is 0 Å². The molecule has 0 unspecified atom stereocenters. The lowest BCUT2D eigenvalue weighted by Gasteiger charge is -2.08. The van der Waals surface area contributed by atoms with Gasteiger partial charge in [0.15, 0.2) is 5.82 Å². The molecular weight excluding hydrogens is 352 g/mol. The Labute approximate surface area is 117 Å². The summed E-state index contributed by atoms with van der Waals surface area (Å²) >= 11 is 6.43. The molecule has 2 N–H and O–H groups in total. The Morgan fingerprint density at radius 1 is 1.47 bits per heavy atom. The van der Waals surface area contributed by atoms with Crippen LogP contribution in [0.3, 0.4) is 0 Å². The Bertz CT molecular complexity index is 398. The summed E-state index contributed by atoms with van der Waals surface area (Å²) < 4.78 is 1.13. The molecule has 0 fully saturated rings. The van der Waals surface area contributed by atoms with Crippen molar-refractivity contribution in [3.63, 3.8) is 0 Å².